The maximum absolute atomic E-state index is 12.8. The average Bonchev–Trinajstić information content (AvgIpc) is 2.73. The summed E-state index contributed by atoms with van der Waals surface area (Å²) in [6.45, 7) is 3.09. The molecular weight excluding hydrogens is 336 g/mol. The van der Waals surface area contributed by atoms with Gasteiger partial charge in [0.15, 0.2) is 0 Å². The van der Waals surface area contributed by atoms with Crippen LogP contribution in [-0.4, -0.2) is 34.2 Å². The van der Waals surface area contributed by atoms with Crippen LogP contribution in [0.5, 0.6) is 0 Å². The van der Waals surface area contributed by atoms with Crippen molar-refractivity contribution in [1.82, 2.24) is 4.31 Å². The Balaban J connectivity index is 2.25. The van der Waals surface area contributed by atoms with E-state index in [1.54, 1.807) is 0 Å². The summed E-state index contributed by atoms with van der Waals surface area (Å²) in [6, 6.07) is 5.26. The van der Waals surface area contributed by atoms with E-state index in [1.807, 2.05) is 0 Å². The minimum absolute atomic E-state index is 0.0158. The lowest BCUT2D eigenvalue weighted by atomic mass is 9.96. The molecule has 0 bridgehead atoms. The summed E-state index contributed by atoms with van der Waals surface area (Å²) in [4.78, 5) is -0.199. The van der Waals surface area contributed by atoms with Gasteiger partial charge in [-0.25, -0.2) is 22.0 Å². The van der Waals surface area contributed by atoms with E-state index >= 15 is 0 Å². The van der Waals surface area contributed by atoms with Gasteiger partial charge in [0.25, 0.3) is 0 Å². The maximum Gasteiger partial charge on any atom is 0.243 e. The molecule has 8 heteroatoms. The van der Waals surface area contributed by atoms with E-state index in [2.05, 4.69) is 6.92 Å². The predicted molar refractivity (Wildman–Crippen MR) is 88.8 cm³/mol. The molecule has 1 unspecified atom stereocenters. The molecule has 1 heterocycles. The monoisotopic (exact) mass is 360 g/mol. The van der Waals surface area contributed by atoms with Crippen molar-refractivity contribution in [1.29, 1.82) is 0 Å². The van der Waals surface area contributed by atoms with Crippen LogP contribution in [0, 0.1) is 5.92 Å². The average molecular weight is 361 g/mol. The van der Waals surface area contributed by atoms with Gasteiger partial charge in [0.1, 0.15) is 0 Å². The van der Waals surface area contributed by atoms with Crippen LogP contribution in [0.2, 0.25) is 0 Å². The molecular formula is C15H24N2O4S2. The molecule has 6 nitrogen and oxygen atoms in total. The van der Waals surface area contributed by atoms with Gasteiger partial charge < -0.3 is 0 Å². The van der Waals surface area contributed by atoms with Crippen molar-refractivity contribution in [2.45, 2.75) is 48.8 Å². The van der Waals surface area contributed by atoms with Gasteiger partial charge in [-0.2, -0.15) is 4.31 Å². The van der Waals surface area contributed by atoms with Crippen LogP contribution in [-0.2, 0) is 20.0 Å². The summed E-state index contributed by atoms with van der Waals surface area (Å²) in [5, 5.41) is 5.09. The van der Waals surface area contributed by atoms with Gasteiger partial charge in [0.2, 0.25) is 20.0 Å². The predicted octanol–water partition coefficient (Wildman–Crippen LogP) is 1.92. The molecule has 0 saturated carbocycles. The number of hydrogen-bond acceptors (Lipinski definition) is 4. The Hall–Kier alpha value is -0.960. The smallest absolute Gasteiger partial charge is 0.225 e. The van der Waals surface area contributed by atoms with E-state index in [0.29, 0.717) is 19.0 Å². The highest BCUT2D eigenvalue weighted by molar-refractivity contribution is 7.90. The van der Waals surface area contributed by atoms with Crippen molar-refractivity contribution in [2.24, 2.45) is 11.1 Å². The topological polar surface area (TPSA) is 97.5 Å². The highest BCUT2D eigenvalue weighted by Gasteiger charge is 2.28. The first-order valence-electron chi connectivity index (χ1n) is 7.88. The third kappa shape index (κ3) is 4.53. The van der Waals surface area contributed by atoms with Crippen molar-refractivity contribution >= 4 is 20.0 Å². The van der Waals surface area contributed by atoms with Crippen LogP contribution in [0.25, 0.3) is 0 Å². The maximum atomic E-state index is 12.8. The lowest BCUT2D eigenvalue weighted by molar-refractivity contribution is 0.400. The van der Waals surface area contributed by atoms with Gasteiger partial charge in [-0.15, -0.1) is 0 Å². The van der Waals surface area contributed by atoms with Gasteiger partial charge in [-0.05, 0) is 43.4 Å². The van der Waals surface area contributed by atoms with Crippen LogP contribution in [0.4, 0.5) is 0 Å². The standard InChI is InChI=1S/C15H24N2O4S2/c1-2-5-13-6-4-10-17(11-9-13)23(20,21)15-8-3-7-14(12-15)22(16,18)19/h3,7-8,12-13H,2,4-6,9-11H2,1H3,(H2,16,18,19). The zero-order valence-electron chi connectivity index (χ0n) is 13.3. The van der Waals surface area contributed by atoms with Crippen molar-refractivity contribution < 1.29 is 16.8 Å². The largest absolute Gasteiger partial charge is 0.243 e. The van der Waals surface area contributed by atoms with Gasteiger partial charge in [-0.1, -0.05) is 25.8 Å². The Morgan fingerprint density at radius 1 is 1.13 bits per heavy atom. The van der Waals surface area contributed by atoms with E-state index in [4.69, 9.17) is 5.14 Å². The fraction of sp³-hybridized carbons (Fsp3) is 0.600. The summed E-state index contributed by atoms with van der Waals surface area (Å²) < 4.78 is 49.9. The molecule has 0 aliphatic carbocycles. The number of sulfonamides is 2. The van der Waals surface area contributed by atoms with Gasteiger partial charge in [-0.3, -0.25) is 0 Å². The second kappa shape index (κ2) is 7.29. The zero-order valence-corrected chi connectivity index (χ0v) is 14.9. The number of primary sulfonamides is 1. The summed E-state index contributed by atoms with van der Waals surface area (Å²) in [5.74, 6) is 0.566. The molecule has 1 aliphatic heterocycles. The van der Waals surface area contributed by atoms with E-state index in [0.717, 1.165) is 38.2 Å². The van der Waals surface area contributed by atoms with Crippen molar-refractivity contribution in [3.63, 3.8) is 0 Å². The molecule has 1 fully saturated rings. The van der Waals surface area contributed by atoms with E-state index < -0.39 is 20.0 Å². The summed E-state index contributed by atoms with van der Waals surface area (Å²) in [6.07, 6.45) is 4.94. The second-order valence-electron chi connectivity index (χ2n) is 6.01. The summed E-state index contributed by atoms with van der Waals surface area (Å²) >= 11 is 0. The van der Waals surface area contributed by atoms with E-state index in [9.17, 15) is 16.8 Å². The molecule has 0 radical (unpaired) electrons. The molecule has 0 amide bonds. The van der Waals surface area contributed by atoms with Crippen molar-refractivity contribution in [3.05, 3.63) is 24.3 Å². The number of nitrogens with zero attached hydrogens (tertiary/aromatic N) is 1. The molecule has 1 aromatic carbocycles. The SMILES string of the molecule is CCCC1CCCN(S(=O)(=O)c2cccc(S(N)(=O)=O)c2)CC1. The summed E-state index contributed by atoms with van der Waals surface area (Å²) in [7, 11) is -7.62. The Morgan fingerprint density at radius 2 is 1.83 bits per heavy atom. The minimum atomic E-state index is -3.92. The van der Waals surface area contributed by atoms with Crippen LogP contribution < -0.4 is 5.14 Å². The Morgan fingerprint density at radius 3 is 2.48 bits per heavy atom. The number of rotatable bonds is 5. The van der Waals surface area contributed by atoms with Crippen molar-refractivity contribution in [3.8, 4) is 0 Å². The van der Waals surface area contributed by atoms with Crippen LogP contribution >= 0.6 is 0 Å². The molecule has 2 rings (SSSR count). The first-order chi connectivity index (χ1) is 10.7. The number of hydrogen-bond donors (Lipinski definition) is 1. The fourth-order valence-corrected chi connectivity index (χ4v) is 5.21. The van der Waals surface area contributed by atoms with Gasteiger partial charge >= 0.3 is 0 Å². The Kier molecular flexibility index (Phi) is 5.83. The molecule has 1 aliphatic rings. The number of nitrogens with two attached hydrogens (primary N) is 1. The zero-order chi connectivity index (χ0) is 17.1. The normalized spacial score (nSPS) is 21.0. The second-order valence-corrected chi connectivity index (χ2v) is 9.51. The van der Waals surface area contributed by atoms with Gasteiger partial charge in [0.05, 0.1) is 9.79 Å². The summed E-state index contributed by atoms with van der Waals surface area (Å²) in [5.41, 5.74) is 0. The first kappa shape index (κ1) is 18.4. The number of benzene rings is 1. The molecule has 1 saturated heterocycles. The highest BCUT2D eigenvalue weighted by atomic mass is 32.2. The molecule has 1 atom stereocenters. The molecule has 0 spiro atoms. The van der Waals surface area contributed by atoms with Crippen LogP contribution in [0.15, 0.2) is 34.1 Å². The molecule has 2 N–H and O–H groups in total. The van der Waals surface area contributed by atoms with Gasteiger partial charge in [0, 0.05) is 13.1 Å². The first-order valence-corrected chi connectivity index (χ1v) is 10.9. The van der Waals surface area contributed by atoms with E-state index in [-0.39, 0.29) is 9.79 Å². The molecule has 130 valence electrons. The fourth-order valence-electron chi connectivity index (χ4n) is 3.04. The lowest BCUT2D eigenvalue weighted by Gasteiger charge is -2.20. The third-order valence-electron chi connectivity index (χ3n) is 4.28. The quantitative estimate of drug-likeness (QED) is 0.867. The van der Waals surface area contributed by atoms with Crippen LogP contribution in [0.1, 0.15) is 39.0 Å². The molecule has 0 aromatic heterocycles. The molecule has 23 heavy (non-hydrogen) atoms. The lowest BCUT2D eigenvalue weighted by Crippen LogP contribution is -2.32. The Labute approximate surface area is 138 Å². The highest BCUT2D eigenvalue weighted by Crippen LogP contribution is 2.26. The molecule has 1 aromatic rings. The van der Waals surface area contributed by atoms with E-state index in [1.165, 1.54) is 22.5 Å². The van der Waals surface area contributed by atoms with Crippen LogP contribution in [0.3, 0.4) is 0 Å². The van der Waals surface area contributed by atoms with Crippen molar-refractivity contribution in [2.75, 3.05) is 13.1 Å². The Bertz CT molecular complexity index is 744. The minimum Gasteiger partial charge on any atom is -0.225 e. The third-order valence-corrected chi connectivity index (χ3v) is 7.08.